The van der Waals surface area contributed by atoms with E-state index in [1.807, 2.05) is 24.3 Å². The largest absolute Gasteiger partial charge is 0.481 e. The fourth-order valence-electron chi connectivity index (χ4n) is 1.99. The Morgan fingerprint density at radius 3 is 2.33 bits per heavy atom. The molecule has 0 heterocycles. The van der Waals surface area contributed by atoms with E-state index in [9.17, 15) is 9.59 Å². The first-order chi connectivity index (χ1) is 8.72. The van der Waals surface area contributed by atoms with E-state index in [0.717, 1.165) is 21.9 Å². The molecule has 0 spiro atoms. The maximum absolute atomic E-state index is 10.8. The van der Waals surface area contributed by atoms with Crippen molar-refractivity contribution in [3.63, 3.8) is 0 Å². The van der Waals surface area contributed by atoms with Crippen LogP contribution in [0.3, 0.4) is 0 Å². The van der Waals surface area contributed by atoms with Crippen LogP contribution in [-0.2, 0) is 27.4 Å². The van der Waals surface area contributed by atoms with Gasteiger partial charge in [0.2, 0.25) is 0 Å². The molecule has 2 aromatic carbocycles. The Morgan fingerprint density at radius 2 is 1.72 bits per heavy atom. The number of carboxylic acid groups (broad SMARTS) is 1. The first kappa shape index (κ1) is 12.1. The van der Waals surface area contributed by atoms with Crippen molar-refractivity contribution in [3.8, 4) is 0 Å². The molecular weight excluding hydrogens is 232 g/mol. The molecule has 0 fully saturated rings. The number of rotatable bonds is 5. The van der Waals surface area contributed by atoms with E-state index < -0.39 is 5.97 Å². The molecule has 0 aromatic heterocycles. The van der Waals surface area contributed by atoms with Crippen LogP contribution in [0.5, 0.6) is 0 Å². The Labute approximate surface area is 104 Å². The Kier molecular flexibility index (Phi) is 3.57. The molecule has 2 rings (SSSR count). The second-order valence-corrected chi connectivity index (χ2v) is 3.91. The summed E-state index contributed by atoms with van der Waals surface area (Å²) in [5.74, 6) is -0.864. The van der Waals surface area contributed by atoms with Crippen molar-refractivity contribution in [1.29, 1.82) is 0 Å². The fourth-order valence-corrected chi connectivity index (χ4v) is 1.99. The standard InChI is InChI=1S/C14H12O4/c15-9-18-8-11-6-5-10(7-14(16)17)12-3-1-2-4-13(11)12/h1-6,9H,7-8H2,(H,16,17). The van der Waals surface area contributed by atoms with E-state index in [1.54, 1.807) is 12.1 Å². The minimum atomic E-state index is -0.864. The number of aliphatic carboxylic acids is 1. The summed E-state index contributed by atoms with van der Waals surface area (Å²) in [6, 6.07) is 11.1. The number of ether oxygens (including phenoxy) is 1. The summed E-state index contributed by atoms with van der Waals surface area (Å²) in [5.41, 5.74) is 1.62. The van der Waals surface area contributed by atoms with Gasteiger partial charge in [-0.3, -0.25) is 9.59 Å². The zero-order chi connectivity index (χ0) is 13.0. The molecule has 2 aromatic rings. The van der Waals surface area contributed by atoms with Crippen molar-refractivity contribution in [2.45, 2.75) is 13.0 Å². The number of fused-ring (bicyclic) bond motifs is 1. The van der Waals surface area contributed by atoms with Crippen LogP contribution in [0.15, 0.2) is 36.4 Å². The molecule has 0 unspecified atom stereocenters. The van der Waals surface area contributed by atoms with Gasteiger partial charge in [-0.15, -0.1) is 0 Å². The molecule has 0 aliphatic carbocycles. The van der Waals surface area contributed by atoms with Crippen molar-refractivity contribution >= 4 is 23.2 Å². The summed E-state index contributed by atoms with van der Waals surface area (Å²) in [6.07, 6.45) is -0.0185. The molecule has 0 saturated carbocycles. The molecule has 4 heteroatoms. The summed E-state index contributed by atoms with van der Waals surface area (Å²) in [7, 11) is 0. The highest BCUT2D eigenvalue weighted by Gasteiger charge is 2.08. The van der Waals surface area contributed by atoms with Crippen LogP contribution in [0, 0.1) is 0 Å². The lowest BCUT2D eigenvalue weighted by Crippen LogP contribution is -2.02. The lowest BCUT2D eigenvalue weighted by Gasteiger charge is -2.09. The van der Waals surface area contributed by atoms with Gasteiger partial charge in [-0.1, -0.05) is 36.4 Å². The Bertz CT molecular complexity index is 589. The number of hydrogen-bond acceptors (Lipinski definition) is 3. The van der Waals surface area contributed by atoms with E-state index >= 15 is 0 Å². The zero-order valence-electron chi connectivity index (χ0n) is 9.63. The summed E-state index contributed by atoms with van der Waals surface area (Å²) in [6.45, 7) is 0.595. The van der Waals surface area contributed by atoms with Crippen molar-refractivity contribution in [1.82, 2.24) is 0 Å². The molecule has 0 aliphatic rings. The number of hydrogen-bond donors (Lipinski definition) is 1. The maximum Gasteiger partial charge on any atom is 0.307 e. The predicted octanol–water partition coefficient (Wildman–Crippen LogP) is 2.14. The lowest BCUT2D eigenvalue weighted by atomic mass is 9.98. The molecule has 0 aliphatic heterocycles. The summed E-state index contributed by atoms with van der Waals surface area (Å²) in [4.78, 5) is 21.0. The topological polar surface area (TPSA) is 63.6 Å². The average molecular weight is 244 g/mol. The molecule has 0 saturated heterocycles. The summed E-state index contributed by atoms with van der Waals surface area (Å²) < 4.78 is 4.75. The molecular formula is C14H12O4. The monoisotopic (exact) mass is 244 g/mol. The number of carbonyl (C=O) groups excluding carboxylic acids is 1. The minimum absolute atomic E-state index is 0.0185. The number of carboxylic acids is 1. The lowest BCUT2D eigenvalue weighted by molar-refractivity contribution is -0.136. The minimum Gasteiger partial charge on any atom is -0.481 e. The summed E-state index contributed by atoms with van der Waals surface area (Å²) in [5, 5.41) is 10.7. The second-order valence-electron chi connectivity index (χ2n) is 3.91. The van der Waals surface area contributed by atoms with E-state index in [2.05, 4.69) is 0 Å². The molecule has 18 heavy (non-hydrogen) atoms. The third kappa shape index (κ3) is 2.48. The highest BCUT2D eigenvalue weighted by atomic mass is 16.5. The predicted molar refractivity (Wildman–Crippen MR) is 66.1 cm³/mol. The van der Waals surface area contributed by atoms with Crippen LogP contribution in [0.2, 0.25) is 0 Å². The van der Waals surface area contributed by atoms with Crippen LogP contribution < -0.4 is 0 Å². The van der Waals surface area contributed by atoms with Gasteiger partial charge < -0.3 is 9.84 Å². The van der Waals surface area contributed by atoms with Crippen LogP contribution in [-0.4, -0.2) is 17.5 Å². The summed E-state index contributed by atoms with van der Waals surface area (Å²) >= 11 is 0. The first-order valence-electron chi connectivity index (χ1n) is 5.49. The van der Waals surface area contributed by atoms with E-state index in [0.29, 0.717) is 6.47 Å². The van der Waals surface area contributed by atoms with Crippen LogP contribution in [0.25, 0.3) is 10.8 Å². The Morgan fingerprint density at radius 1 is 1.11 bits per heavy atom. The molecule has 0 amide bonds. The Hall–Kier alpha value is -2.36. The van der Waals surface area contributed by atoms with Crippen molar-refractivity contribution < 1.29 is 19.4 Å². The molecule has 4 nitrogen and oxygen atoms in total. The quantitative estimate of drug-likeness (QED) is 0.818. The molecule has 0 radical (unpaired) electrons. The van der Waals surface area contributed by atoms with Crippen LogP contribution in [0.4, 0.5) is 0 Å². The average Bonchev–Trinajstić information content (AvgIpc) is 2.37. The molecule has 0 atom stereocenters. The van der Waals surface area contributed by atoms with Gasteiger partial charge in [0.25, 0.3) is 6.47 Å². The third-order valence-corrected chi connectivity index (χ3v) is 2.75. The number of benzene rings is 2. The maximum atomic E-state index is 10.8. The normalized spacial score (nSPS) is 10.2. The van der Waals surface area contributed by atoms with Crippen LogP contribution in [0.1, 0.15) is 11.1 Å². The van der Waals surface area contributed by atoms with Gasteiger partial charge in [0, 0.05) is 0 Å². The first-order valence-corrected chi connectivity index (χ1v) is 5.49. The molecule has 0 bridgehead atoms. The van der Waals surface area contributed by atoms with E-state index in [4.69, 9.17) is 9.84 Å². The van der Waals surface area contributed by atoms with Gasteiger partial charge in [0.15, 0.2) is 0 Å². The fraction of sp³-hybridized carbons (Fsp3) is 0.143. The van der Waals surface area contributed by atoms with E-state index in [-0.39, 0.29) is 13.0 Å². The SMILES string of the molecule is O=COCc1ccc(CC(=O)O)c2ccccc12. The zero-order valence-corrected chi connectivity index (χ0v) is 9.63. The van der Waals surface area contributed by atoms with Gasteiger partial charge in [0.05, 0.1) is 6.42 Å². The highest BCUT2D eigenvalue weighted by molar-refractivity contribution is 5.91. The van der Waals surface area contributed by atoms with Gasteiger partial charge >= 0.3 is 5.97 Å². The third-order valence-electron chi connectivity index (χ3n) is 2.75. The highest BCUT2D eigenvalue weighted by Crippen LogP contribution is 2.23. The smallest absolute Gasteiger partial charge is 0.307 e. The van der Waals surface area contributed by atoms with Gasteiger partial charge in [-0.2, -0.15) is 0 Å². The number of carbonyl (C=O) groups is 2. The molecule has 1 N–H and O–H groups in total. The van der Waals surface area contributed by atoms with E-state index in [1.165, 1.54) is 0 Å². The van der Waals surface area contributed by atoms with Gasteiger partial charge in [-0.05, 0) is 21.9 Å². The van der Waals surface area contributed by atoms with Crippen molar-refractivity contribution in [2.75, 3.05) is 0 Å². The van der Waals surface area contributed by atoms with Gasteiger partial charge in [0.1, 0.15) is 6.61 Å². The van der Waals surface area contributed by atoms with Gasteiger partial charge in [-0.25, -0.2) is 0 Å². The second kappa shape index (κ2) is 5.31. The van der Waals surface area contributed by atoms with Crippen molar-refractivity contribution in [3.05, 3.63) is 47.5 Å². The van der Waals surface area contributed by atoms with Crippen LogP contribution >= 0.6 is 0 Å². The molecule has 92 valence electrons. The van der Waals surface area contributed by atoms with Crippen molar-refractivity contribution in [2.24, 2.45) is 0 Å². The Balaban J connectivity index is 2.51.